The van der Waals surface area contributed by atoms with E-state index in [4.69, 9.17) is 10.5 Å². The van der Waals surface area contributed by atoms with Gasteiger partial charge in [0.25, 0.3) is 5.91 Å². The van der Waals surface area contributed by atoms with Crippen LogP contribution in [0.25, 0.3) is 0 Å². The molecule has 0 aromatic heterocycles. The zero-order valence-corrected chi connectivity index (χ0v) is 12.3. The van der Waals surface area contributed by atoms with Crippen molar-refractivity contribution in [2.75, 3.05) is 32.1 Å². The van der Waals surface area contributed by atoms with Crippen LogP contribution in [0.15, 0.2) is 24.3 Å². The molecule has 1 unspecified atom stereocenters. The third kappa shape index (κ3) is 5.59. The van der Waals surface area contributed by atoms with Crippen LogP contribution in [-0.2, 0) is 4.74 Å². The molecular weight excluding hydrogens is 254 g/mol. The summed E-state index contributed by atoms with van der Waals surface area (Å²) in [6, 6.07) is 7.69. The van der Waals surface area contributed by atoms with E-state index in [1.54, 1.807) is 13.2 Å². The van der Waals surface area contributed by atoms with E-state index in [0.717, 1.165) is 18.5 Å². The van der Waals surface area contributed by atoms with E-state index in [0.29, 0.717) is 25.3 Å². The number of methoxy groups -OCH3 is 1. The van der Waals surface area contributed by atoms with E-state index in [2.05, 4.69) is 10.6 Å². The van der Waals surface area contributed by atoms with Gasteiger partial charge in [0.05, 0.1) is 6.61 Å². The Morgan fingerprint density at radius 1 is 1.45 bits per heavy atom. The molecule has 0 aliphatic carbocycles. The van der Waals surface area contributed by atoms with Crippen LogP contribution in [0.1, 0.15) is 30.1 Å². The second-order valence-electron chi connectivity index (χ2n) is 4.67. The number of amides is 1. The van der Waals surface area contributed by atoms with Gasteiger partial charge >= 0.3 is 0 Å². The molecule has 0 spiro atoms. The minimum Gasteiger partial charge on any atom is -0.383 e. The lowest BCUT2D eigenvalue weighted by atomic mass is 10.1. The zero-order chi connectivity index (χ0) is 14.8. The molecule has 0 aliphatic rings. The van der Waals surface area contributed by atoms with Crippen molar-refractivity contribution in [3.05, 3.63) is 29.8 Å². The third-order valence-corrected chi connectivity index (χ3v) is 2.96. The van der Waals surface area contributed by atoms with Crippen LogP contribution in [0.4, 0.5) is 5.69 Å². The summed E-state index contributed by atoms with van der Waals surface area (Å²) in [7, 11) is 1.68. The van der Waals surface area contributed by atoms with Crippen molar-refractivity contribution in [3.8, 4) is 0 Å². The highest BCUT2D eigenvalue weighted by Crippen LogP contribution is 2.14. The van der Waals surface area contributed by atoms with Gasteiger partial charge in [-0.1, -0.05) is 6.07 Å². The number of nitrogens with two attached hydrogens (primary N) is 1. The van der Waals surface area contributed by atoms with Crippen LogP contribution >= 0.6 is 0 Å². The molecule has 1 atom stereocenters. The molecule has 0 fully saturated rings. The van der Waals surface area contributed by atoms with Gasteiger partial charge in [0.2, 0.25) is 0 Å². The van der Waals surface area contributed by atoms with Gasteiger partial charge in [-0.2, -0.15) is 0 Å². The minimum absolute atomic E-state index is 0.0543. The predicted molar refractivity (Wildman–Crippen MR) is 82.0 cm³/mol. The standard InChI is InChI=1S/C15H25N3O2/c1-3-17-15(19)12-6-4-7-13(10-12)18-14(11-20-2)8-5-9-16/h4,6-7,10,14,18H,3,5,8-9,11,16H2,1-2H3,(H,17,19). The number of carbonyl (C=O) groups is 1. The molecule has 0 radical (unpaired) electrons. The third-order valence-electron chi connectivity index (χ3n) is 2.96. The Hall–Kier alpha value is -1.59. The lowest BCUT2D eigenvalue weighted by Gasteiger charge is -2.19. The van der Waals surface area contributed by atoms with E-state index < -0.39 is 0 Å². The number of nitrogens with one attached hydrogen (secondary N) is 2. The minimum atomic E-state index is -0.0543. The lowest BCUT2D eigenvalue weighted by molar-refractivity contribution is 0.0956. The molecule has 1 amide bonds. The van der Waals surface area contributed by atoms with Gasteiger partial charge in [-0.3, -0.25) is 4.79 Å². The summed E-state index contributed by atoms with van der Waals surface area (Å²) in [6.45, 7) is 3.81. The summed E-state index contributed by atoms with van der Waals surface area (Å²) in [5.41, 5.74) is 7.13. The Bertz CT molecular complexity index is 410. The quantitative estimate of drug-likeness (QED) is 0.642. The number of hydrogen-bond donors (Lipinski definition) is 3. The summed E-state index contributed by atoms with van der Waals surface area (Å²) in [5.74, 6) is -0.0543. The molecule has 20 heavy (non-hydrogen) atoms. The molecule has 1 aromatic carbocycles. The molecule has 4 N–H and O–H groups in total. The normalized spacial score (nSPS) is 11.9. The molecule has 1 aromatic rings. The van der Waals surface area contributed by atoms with E-state index in [1.807, 2.05) is 25.1 Å². The highest BCUT2D eigenvalue weighted by molar-refractivity contribution is 5.95. The van der Waals surface area contributed by atoms with Crippen molar-refractivity contribution in [1.29, 1.82) is 0 Å². The Kier molecular flexibility index (Phi) is 7.69. The summed E-state index contributed by atoms with van der Waals surface area (Å²) in [5, 5.41) is 6.19. The van der Waals surface area contributed by atoms with Crippen molar-refractivity contribution in [1.82, 2.24) is 5.32 Å². The zero-order valence-electron chi connectivity index (χ0n) is 12.3. The molecule has 0 saturated heterocycles. The van der Waals surface area contributed by atoms with E-state index in [1.165, 1.54) is 0 Å². The number of ether oxygens (including phenoxy) is 1. The molecule has 5 nitrogen and oxygen atoms in total. The van der Waals surface area contributed by atoms with Gasteiger partial charge in [-0.05, 0) is 44.5 Å². The van der Waals surface area contributed by atoms with Crippen LogP contribution in [0, 0.1) is 0 Å². The fourth-order valence-corrected chi connectivity index (χ4v) is 2.01. The number of hydrogen-bond acceptors (Lipinski definition) is 4. The second kappa shape index (κ2) is 9.34. The number of carbonyl (C=O) groups excluding carboxylic acids is 1. The van der Waals surface area contributed by atoms with Crippen molar-refractivity contribution < 1.29 is 9.53 Å². The maximum absolute atomic E-state index is 11.8. The fourth-order valence-electron chi connectivity index (χ4n) is 2.01. The maximum atomic E-state index is 11.8. The monoisotopic (exact) mass is 279 g/mol. The number of rotatable bonds is 9. The summed E-state index contributed by atoms with van der Waals surface area (Å²) >= 11 is 0. The maximum Gasteiger partial charge on any atom is 0.251 e. The van der Waals surface area contributed by atoms with Crippen molar-refractivity contribution in [3.63, 3.8) is 0 Å². The van der Waals surface area contributed by atoms with Crippen LogP contribution in [0.3, 0.4) is 0 Å². The summed E-state index contributed by atoms with van der Waals surface area (Å²) in [4.78, 5) is 11.8. The Morgan fingerprint density at radius 3 is 2.90 bits per heavy atom. The first-order valence-corrected chi connectivity index (χ1v) is 7.05. The number of benzene rings is 1. The van der Waals surface area contributed by atoms with Gasteiger partial charge in [-0.25, -0.2) is 0 Å². The largest absolute Gasteiger partial charge is 0.383 e. The molecule has 1 rings (SSSR count). The van der Waals surface area contributed by atoms with E-state index in [-0.39, 0.29) is 11.9 Å². The van der Waals surface area contributed by atoms with Crippen LogP contribution in [-0.4, -0.2) is 38.8 Å². The SMILES string of the molecule is CCNC(=O)c1cccc(NC(CCCN)COC)c1. The summed E-state index contributed by atoms with van der Waals surface area (Å²) < 4.78 is 5.21. The van der Waals surface area contributed by atoms with Crippen LogP contribution in [0.2, 0.25) is 0 Å². The van der Waals surface area contributed by atoms with E-state index >= 15 is 0 Å². The van der Waals surface area contributed by atoms with Crippen molar-refractivity contribution in [2.45, 2.75) is 25.8 Å². The van der Waals surface area contributed by atoms with Gasteiger partial charge in [0.1, 0.15) is 0 Å². The second-order valence-corrected chi connectivity index (χ2v) is 4.67. The molecule has 0 bridgehead atoms. The Balaban J connectivity index is 2.69. The van der Waals surface area contributed by atoms with Gasteiger partial charge < -0.3 is 21.1 Å². The van der Waals surface area contributed by atoms with Gasteiger partial charge in [0.15, 0.2) is 0 Å². The Morgan fingerprint density at radius 2 is 2.25 bits per heavy atom. The molecular formula is C15H25N3O2. The van der Waals surface area contributed by atoms with E-state index in [9.17, 15) is 4.79 Å². The van der Waals surface area contributed by atoms with Crippen molar-refractivity contribution in [2.24, 2.45) is 5.73 Å². The van der Waals surface area contributed by atoms with Crippen molar-refractivity contribution >= 4 is 11.6 Å². The molecule has 0 heterocycles. The van der Waals surface area contributed by atoms with Gasteiger partial charge in [-0.15, -0.1) is 0 Å². The highest BCUT2D eigenvalue weighted by atomic mass is 16.5. The highest BCUT2D eigenvalue weighted by Gasteiger charge is 2.09. The first-order chi connectivity index (χ1) is 9.71. The summed E-state index contributed by atoms with van der Waals surface area (Å²) in [6.07, 6.45) is 1.88. The molecule has 112 valence electrons. The first-order valence-electron chi connectivity index (χ1n) is 7.05. The topological polar surface area (TPSA) is 76.4 Å². The first kappa shape index (κ1) is 16.5. The average Bonchev–Trinajstić information content (AvgIpc) is 2.45. The Labute approximate surface area is 120 Å². The number of anilines is 1. The van der Waals surface area contributed by atoms with Gasteiger partial charge in [0, 0.05) is 30.9 Å². The lowest BCUT2D eigenvalue weighted by Crippen LogP contribution is -2.26. The molecule has 0 aliphatic heterocycles. The van der Waals surface area contributed by atoms with Crippen LogP contribution in [0.5, 0.6) is 0 Å². The van der Waals surface area contributed by atoms with Crippen LogP contribution < -0.4 is 16.4 Å². The predicted octanol–water partition coefficient (Wildman–Crippen LogP) is 1.60. The average molecular weight is 279 g/mol. The smallest absolute Gasteiger partial charge is 0.251 e. The molecule has 0 saturated carbocycles. The molecule has 5 heteroatoms. The fraction of sp³-hybridized carbons (Fsp3) is 0.533.